The number of carbonyl (C=O) groups is 2. The van der Waals surface area contributed by atoms with Crippen molar-refractivity contribution in [3.8, 4) is 0 Å². The van der Waals surface area contributed by atoms with Gasteiger partial charge in [-0.1, -0.05) is 18.0 Å². The Morgan fingerprint density at radius 3 is 2.60 bits per heavy atom. The molecule has 1 aromatic carbocycles. The summed E-state index contributed by atoms with van der Waals surface area (Å²) in [6.07, 6.45) is 3.43. The van der Waals surface area contributed by atoms with Crippen molar-refractivity contribution in [2.45, 2.75) is 51.6 Å². The quantitative estimate of drug-likeness (QED) is 0.808. The van der Waals surface area contributed by atoms with Crippen LogP contribution in [0.5, 0.6) is 0 Å². The average molecular weight is 388 g/mol. The fraction of sp³-hybridized carbons (Fsp3) is 0.556. The van der Waals surface area contributed by atoms with Gasteiger partial charge in [0.1, 0.15) is 0 Å². The highest BCUT2D eigenvalue weighted by Crippen LogP contribution is 2.28. The first-order valence-electron chi connectivity index (χ1n) is 8.41. The number of carbonyl (C=O) groups excluding carboxylic acids is 2. The van der Waals surface area contributed by atoms with Crippen molar-refractivity contribution in [3.05, 3.63) is 28.8 Å². The van der Waals surface area contributed by atoms with Crippen molar-refractivity contribution in [3.63, 3.8) is 0 Å². The van der Waals surface area contributed by atoms with Crippen LogP contribution in [-0.4, -0.2) is 35.8 Å². The minimum atomic E-state index is -0.110. The Kier molecular flexibility index (Phi) is 8.19. The molecule has 1 saturated carbocycles. The van der Waals surface area contributed by atoms with Gasteiger partial charge in [-0.15, -0.1) is 12.4 Å². The number of hydrogen-bond acceptors (Lipinski definition) is 3. The summed E-state index contributed by atoms with van der Waals surface area (Å²) in [6.45, 7) is 3.89. The van der Waals surface area contributed by atoms with E-state index in [0.717, 1.165) is 19.3 Å². The molecule has 2 amide bonds. The van der Waals surface area contributed by atoms with Crippen LogP contribution < -0.4 is 11.1 Å². The molecule has 0 heterocycles. The first kappa shape index (κ1) is 21.7. The third kappa shape index (κ3) is 5.59. The van der Waals surface area contributed by atoms with Crippen LogP contribution in [0.4, 0.5) is 5.69 Å². The van der Waals surface area contributed by atoms with Gasteiger partial charge in [-0.2, -0.15) is 0 Å². The normalized spacial score (nSPS) is 19.4. The van der Waals surface area contributed by atoms with Crippen LogP contribution in [0.15, 0.2) is 18.2 Å². The predicted molar refractivity (Wildman–Crippen MR) is 104 cm³/mol. The van der Waals surface area contributed by atoms with Crippen LogP contribution in [0.3, 0.4) is 0 Å². The van der Waals surface area contributed by atoms with E-state index in [4.69, 9.17) is 17.3 Å². The molecule has 140 valence electrons. The molecule has 2 atom stereocenters. The second-order valence-electron chi connectivity index (χ2n) is 6.81. The molecule has 5 nitrogen and oxygen atoms in total. The lowest BCUT2D eigenvalue weighted by molar-refractivity contribution is -0.117. The van der Waals surface area contributed by atoms with E-state index in [1.54, 1.807) is 30.1 Å². The summed E-state index contributed by atoms with van der Waals surface area (Å²) in [5.41, 5.74) is 6.99. The van der Waals surface area contributed by atoms with E-state index >= 15 is 0 Å². The van der Waals surface area contributed by atoms with Crippen LogP contribution in [-0.2, 0) is 4.79 Å². The fourth-order valence-electron chi connectivity index (χ4n) is 2.95. The van der Waals surface area contributed by atoms with E-state index in [9.17, 15) is 9.59 Å². The van der Waals surface area contributed by atoms with Gasteiger partial charge in [-0.3, -0.25) is 9.59 Å². The summed E-state index contributed by atoms with van der Waals surface area (Å²) in [6, 6.07) is 5.14. The molecule has 3 N–H and O–H groups in total. The Bertz CT molecular complexity index is 622. The summed E-state index contributed by atoms with van der Waals surface area (Å²) >= 11 is 6.17. The molecule has 2 rings (SSSR count). The van der Waals surface area contributed by atoms with Crippen molar-refractivity contribution in [1.82, 2.24) is 4.90 Å². The second-order valence-corrected chi connectivity index (χ2v) is 7.22. The first-order valence-corrected chi connectivity index (χ1v) is 8.79. The molecule has 1 fully saturated rings. The van der Waals surface area contributed by atoms with E-state index in [-0.39, 0.29) is 42.2 Å². The third-order valence-corrected chi connectivity index (χ3v) is 5.08. The second kappa shape index (κ2) is 9.41. The van der Waals surface area contributed by atoms with Gasteiger partial charge in [0, 0.05) is 31.1 Å². The van der Waals surface area contributed by atoms with E-state index < -0.39 is 0 Å². The third-order valence-electron chi connectivity index (χ3n) is 4.75. The maximum atomic E-state index is 12.4. The highest BCUT2D eigenvalue weighted by Gasteiger charge is 2.26. The molecule has 0 aromatic heterocycles. The number of hydrogen-bond donors (Lipinski definition) is 2. The molecule has 1 aliphatic carbocycles. The van der Waals surface area contributed by atoms with Gasteiger partial charge in [-0.25, -0.2) is 0 Å². The number of anilines is 1. The molecule has 0 aliphatic heterocycles. The van der Waals surface area contributed by atoms with Crippen molar-refractivity contribution >= 4 is 41.5 Å². The standard InChI is InChI=1S/C18H26ClN3O2.ClH/c1-11(2)22(3)18(24)13-7-8-14(19)16(9-13)21-17(23)10-12-5-4-6-15(12)20;/h7-9,11-12,15H,4-6,10,20H2,1-3H3,(H,21,23);1H/t12-,15+;/m0./s1. The van der Waals surface area contributed by atoms with Crippen LogP contribution in [0.25, 0.3) is 0 Å². The molecule has 7 heteroatoms. The first-order chi connectivity index (χ1) is 11.3. The molecule has 0 bridgehead atoms. The van der Waals surface area contributed by atoms with Gasteiger partial charge in [0.15, 0.2) is 0 Å². The Hall–Kier alpha value is -1.30. The van der Waals surface area contributed by atoms with Gasteiger partial charge in [0.05, 0.1) is 10.7 Å². The molecular formula is C18H27Cl2N3O2. The van der Waals surface area contributed by atoms with E-state index in [2.05, 4.69) is 5.32 Å². The van der Waals surface area contributed by atoms with Gasteiger partial charge < -0.3 is 16.0 Å². The monoisotopic (exact) mass is 387 g/mol. The summed E-state index contributed by atoms with van der Waals surface area (Å²) in [4.78, 5) is 26.3. The molecule has 1 aromatic rings. The number of rotatable bonds is 5. The summed E-state index contributed by atoms with van der Waals surface area (Å²) < 4.78 is 0. The number of halogens is 2. The van der Waals surface area contributed by atoms with Gasteiger partial charge in [-0.05, 0) is 50.8 Å². The minimum absolute atomic E-state index is 0. The van der Waals surface area contributed by atoms with E-state index in [1.165, 1.54) is 0 Å². The topological polar surface area (TPSA) is 75.4 Å². The Morgan fingerprint density at radius 1 is 1.36 bits per heavy atom. The Morgan fingerprint density at radius 2 is 2.04 bits per heavy atom. The zero-order chi connectivity index (χ0) is 17.9. The lowest BCUT2D eigenvalue weighted by atomic mass is 10.00. The zero-order valence-corrected chi connectivity index (χ0v) is 16.5. The smallest absolute Gasteiger partial charge is 0.253 e. The van der Waals surface area contributed by atoms with E-state index in [0.29, 0.717) is 22.7 Å². The molecule has 0 unspecified atom stereocenters. The highest BCUT2D eigenvalue weighted by molar-refractivity contribution is 6.33. The number of nitrogens with one attached hydrogen (secondary N) is 1. The number of nitrogens with zero attached hydrogens (tertiary/aromatic N) is 1. The summed E-state index contributed by atoms with van der Waals surface area (Å²) in [7, 11) is 1.75. The maximum Gasteiger partial charge on any atom is 0.253 e. The number of nitrogens with two attached hydrogens (primary N) is 1. The van der Waals surface area contributed by atoms with Crippen LogP contribution >= 0.6 is 24.0 Å². The van der Waals surface area contributed by atoms with Crippen LogP contribution in [0.2, 0.25) is 5.02 Å². The maximum absolute atomic E-state index is 12.4. The van der Waals surface area contributed by atoms with Crippen molar-refractivity contribution in [1.29, 1.82) is 0 Å². The molecular weight excluding hydrogens is 361 g/mol. The van der Waals surface area contributed by atoms with Gasteiger partial charge in [0.2, 0.25) is 5.91 Å². The Labute approximate surface area is 160 Å². The molecule has 0 saturated heterocycles. The average Bonchev–Trinajstić information content (AvgIpc) is 2.93. The van der Waals surface area contributed by atoms with E-state index in [1.807, 2.05) is 13.8 Å². The number of benzene rings is 1. The van der Waals surface area contributed by atoms with Gasteiger partial charge in [0.25, 0.3) is 5.91 Å². The van der Waals surface area contributed by atoms with Crippen LogP contribution in [0.1, 0.15) is 49.9 Å². The summed E-state index contributed by atoms with van der Waals surface area (Å²) in [5, 5.41) is 3.24. The van der Waals surface area contributed by atoms with Crippen LogP contribution in [0, 0.1) is 5.92 Å². The molecule has 1 aliphatic rings. The lowest BCUT2D eigenvalue weighted by Gasteiger charge is -2.22. The van der Waals surface area contributed by atoms with Gasteiger partial charge >= 0.3 is 0 Å². The largest absolute Gasteiger partial charge is 0.339 e. The fourth-order valence-corrected chi connectivity index (χ4v) is 3.12. The Balaban J connectivity index is 0.00000312. The number of amides is 2. The summed E-state index contributed by atoms with van der Waals surface area (Å²) in [5.74, 6) is 0.0108. The minimum Gasteiger partial charge on any atom is -0.339 e. The lowest BCUT2D eigenvalue weighted by Crippen LogP contribution is -2.33. The molecule has 25 heavy (non-hydrogen) atoms. The SMILES string of the molecule is CC(C)N(C)C(=O)c1ccc(Cl)c(NC(=O)C[C@@H]2CCC[C@H]2N)c1.Cl. The molecule has 0 radical (unpaired) electrons. The van der Waals surface area contributed by atoms with Crippen molar-refractivity contribution in [2.24, 2.45) is 11.7 Å². The van der Waals surface area contributed by atoms with Crippen molar-refractivity contribution in [2.75, 3.05) is 12.4 Å². The van der Waals surface area contributed by atoms with Crippen molar-refractivity contribution < 1.29 is 9.59 Å². The predicted octanol–water partition coefficient (Wildman–Crippen LogP) is 3.70. The highest BCUT2D eigenvalue weighted by atomic mass is 35.5. The molecule has 0 spiro atoms. The zero-order valence-electron chi connectivity index (χ0n) is 14.9.